The topological polar surface area (TPSA) is 57.5 Å². The van der Waals surface area contributed by atoms with E-state index < -0.39 is 5.97 Å². The number of hydrogen-bond donors (Lipinski definition) is 2. The predicted octanol–water partition coefficient (Wildman–Crippen LogP) is 3.34. The van der Waals surface area contributed by atoms with Crippen LogP contribution < -0.4 is 0 Å². The Morgan fingerprint density at radius 3 is 2.47 bits per heavy atom. The van der Waals surface area contributed by atoms with Crippen LogP contribution in [0.15, 0.2) is 30.3 Å². The van der Waals surface area contributed by atoms with E-state index in [9.17, 15) is 4.79 Å². The molecule has 1 saturated heterocycles. The zero-order valence-electron chi connectivity index (χ0n) is 11.0. The molecule has 0 saturated carbocycles. The monoisotopic (exact) mass is 300 g/mol. The summed E-state index contributed by atoms with van der Waals surface area (Å²) in [5.74, 6) is 0.266. The van der Waals surface area contributed by atoms with Crippen LogP contribution in [0.2, 0.25) is 0 Å². The van der Waals surface area contributed by atoms with Crippen LogP contribution in [0.5, 0.6) is 0 Å². The molecule has 0 radical (unpaired) electrons. The van der Waals surface area contributed by atoms with Gasteiger partial charge in [0, 0.05) is 11.0 Å². The van der Waals surface area contributed by atoms with Gasteiger partial charge in [-0.2, -0.15) is 0 Å². The SMILES string of the molecule is CCC[C@@H]1SC[C@H](CO)S1.O=C(O)c1ccccc1. The van der Waals surface area contributed by atoms with Gasteiger partial charge in [0.05, 0.1) is 16.8 Å². The minimum atomic E-state index is -0.879. The smallest absolute Gasteiger partial charge is 0.335 e. The highest BCUT2D eigenvalue weighted by molar-refractivity contribution is 8.20. The molecule has 0 aliphatic carbocycles. The number of carboxylic acids is 1. The lowest BCUT2D eigenvalue weighted by molar-refractivity contribution is 0.0697. The van der Waals surface area contributed by atoms with E-state index in [0.717, 1.165) is 10.3 Å². The van der Waals surface area contributed by atoms with Crippen LogP contribution in [0.3, 0.4) is 0 Å². The van der Waals surface area contributed by atoms with Gasteiger partial charge in [-0.1, -0.05) is 31.5 Å². The van der Waals surface area contributed by atoms with E-state index >= 15 is 0 Å². The number of thioether (sulfide) groups is 2. The van der Waals surface area contributed by atoms with Gasteiger partial charge >= 0.3 is 5.97 Å². The highest BCUT2D eigenvalue weighted by Crippen LogP contribution is 2.39. The van der Waals surface area contributed by atoms with Crippen molar-refractivity contribution in [3.8, 4) is 0 Å². The minimum absolute atomic E-state index is 0.331. The normalized spacial score (nSPS) is 21.6. The molecule has 2 atom stereocenters. The fourth-order valence-electron chi connectivity index (χ4n) is 1.57. The number of aliphatic hydroxyl groups excluding tert-OH is 1. The van der Waals surface area contributed by atoms with Gasteiger partial charge in [0.2, 0.25) is 0 Å². The van der Waals surface area contributed by atoms with Crippen LogP contribution in [-0.4, -0.2) is 38.4 Å². The summed E-state index contributed by atoms with van der Waals surface area (Å²) in [6, 6.07) is 8.30. The number of carboxylic acid groups (broad SMARTS) is 1. The lowest BCUT2D eigenvalue weighted by atomic mass is 10.2. The lowest BCUT2D eigenvalue weighted by Crippen LogP contribution is -2.06. The van der Waals surface area contributed by atoms with Gasteiger partial charge in [0.15, 0.2) is 0 Å². The van der Waals surface area contributed by atoms with Crippen molar-refractivity contribution in [3.05, 3.63) is 35.9 Å². The summed E-state index contributed by atoms with van der Waals surface area (Å²) in [4.78, 5) is 10.2. The largest absolute Gasteiger partial charge is 0.478 e. The second-order valence-corrected chi connectivity index (χ2v) is 7.21. The Bertz CT molecular complexity index is 370. The number of hydrogen-bond acceptors (Lipinski definition) is 4. The van der Waals surface area contributed by atoms with Crippen molar-refractivity contribution < 1.29 is 15.0 Å². The van der Waals surface area contributed by atoms with Crippen LogP contribution in [0, 0.1) is 0 Å². The molecule has 2 N–H and O–H groups in total. The van der Waals surface area contributed by atoms with Crippen LogP contribution in [0.4, 0.5) is 0 Å². The number of aliphatic hydroxyl groups is 1. The Morgan fingerprint density at radius 2 is 2.05 bits per heavy atom. The maximum atomic E-state index is 10.2. The van der Waals surface area contributed by atoms with E-state index in [4.69, 9.17) is 10.2 Å². The second-order valence-electron chi connectivity index (χ2n) is 4.16. The van der Waals surface area contributed by atoms with Gasteiger partial charge in [-0.3, -0.25) is 0 Å². The van der Waals surface area contributed by atoms with Crippen molar-refractivity contribution in [1.29, 1.82) is 0 Å². The second kappa shape index (κ2) is 9.28. The van der Waals surface area contributed by atoms with Crippen molar-refractivity contribution in [2.24, 2.45) is 0 Å². The Kier molecular flexibility index (Phi) is 8.02. The fourth-order valence-corrected chi connectivity index (χ4v) is 4.97. The molecule has 1 aliphatic rings. The van der Waals surface area contributed by atoms with Gasteiger partial charge in [0.25, 0.3) is 0 Å². The summed E-state index contributed by atoms with van der Waals surface area (Å²) in [5, 5.41) is 17.7. The van der Waals surface area contributed by atoms with Gasteiger partial charge in [-0.25, -0.2) is 4.79 Å². The number of carbonyl (C=O) groups is 1. The molecule has 0 bridgehead atoms. The summed E-state index contributed by atoms with van der Waals surface area (Å²) in [5.41, 5.74) is 0.331. The fraction of sp³-hybridized carbons (Fsp3) is 0.500. The van der Waals surface area contributed by atoms with Crippen LogP contribution >= 0.6 is 23.5 Å². The molecule has 0 unspecified atom stereocenters. The molecule has 106 valence electrons. The standard InChI is InChI=1S/C7H6O2.C7H14OS2/c8-7(9)6-4-2-1-3-5-6;1-2-3-7-9-5-6(4-8)10-7/h1-5H,(H,8,9);6-8H,2-5H2,1H3/t;6-,7+/m.0/s1. The molecule has 5 heteroatoms. The van der Waals surface area contributed by atoms with E-state index in [1.165, 1.54) is 12.8 Å². The van der Waals surface area contributed by atoms with Crippen molar-refractivity contribution >= 4 is 29.5 Å². The van der Waals surface area contributed by atoms with E-state index in [1.54, 1.807) is 30.3 Å². The quantitative estimate of drug-likeness (QED) is 0.893. The summed E-state index contributed by atoms with van der Waals surface area (Å²) >= 11 is 3.95. The molecule has 0 aromatic heterocycles. The summed E-state index contributed by atoms with van der Waals surface area (Å²) < 4.78 is 0.766. The molecule has 1 aromatic rings. The maximum Gasteiger partial charge on any atom is 0.335 e. The zero-order valence-corrected chi connectivity index (χ0v) is 12.6. The van der Waals surface area contributed by atoms with Crippen molar-refractivity contribution in [2.45, 2.75) is 29.6 Å². The highest BCUT2D eigenvalue weighted by atomic mass is 32.2. The van der Waals surface area contributed by atoms with Crippen LogP contribution in [0.25, 0.3) is 0 Å². The molecule has 3 nitrogen and oxygen atoms in total. The van der Waals surface area contributed by atoms with Gasteiger partial charge < -0.3 is 10.2 Å². The number of benzene rings is 1. The summed E-state index contributed by atoms with van der Waals surface area (Å²) in [6.45, 7) is 2.57. The third-order valence-electron chi connectivity index (χ3n) is 2.56. The Labute approximate surface area is 122 Å². The third-order valence-corrected chi connectivity index (χ3v) is 5.96. The molecule has 1 fully saturated rings. The summed E-state index contributed by atoms with van der Waals surface area (Å²) in [6.07, 6.45) is 2.56. The maximum absolute atomic E-state index is 10.2. The van der Waals surface area contributed by atoms with Crippen LogP contribution in [-0.2, 0) is 0 Å². The first kappa shape index (κ1) is 16.4. The molecular weight excluding hydrogens is 280 g/mol. The molecule has 19 heavy (non-hydrogen) atoms. The average molecular weight is 300 g/mol. The van der Waals surface area contributed by atoms with Gasteiger partial charge in [0.1, 0.15) is 0 Å². The Balaban J connectivity index is 0.000000191. The first-order valence-corrected chi connectivity index (χ1v) is 8.32. The molecular formula is C14H20O3S2. The highest BCUT2D eigenvalue weighted by Gasteiger charge is 2.23. The van der Waals surface area contributed by atoms with E-state index in [-0.39, 0.29) is 0 Å². The molecule has 1 aromatic carbocycles. The van der Waals surface area contributed by atoms with Crippen LogP contribution in [0.1, 0.15) is 30.1 Å². The van der Waals surface area contributed by atoms with E-state index in [2.05, 4.69) is 6.92 Å². The van der Waals surface area contributed by atoms with Crippen molar-refractivity contribution in [1.82, 2.24) is 0 Å². The van der Waals surface area contributed by atoms with E-state index in [1.807, 2.05) is 23.5 Å². The van der Waals surface area contributed by atoms with Crippen molar-refractivity contribution in [2.75, 3.05) is 12.4 Å². The first-order valence-electron chi connectivity index (χ1n) is 6.33. The molecule has 1 heterocycles. The average Bonchev–Trinajstić information content (AvgIpc) is 2.89. The van der Waals surface area contributed by atoms with Gasteiger partial charge in [-0.05, 0) is 18.6 Å². The molecule has 2 rings (SSSR count). The Morgan fingerprint density at radius 1 is 1.37 bits per heavy atom. The molecule has 0 amide bonds. The molecule has 1 aliphatic heterocycles. The predicted molar refractivity (Wildman–Crippen MR) is 83.0 cm³/mol. The minimum Gasteiger partial charge on any atom is -0.478 e. The number of aromatic carboxylic acids is 1. The van der Waals surface area contributed by atoms with Gasteiger partial charge in [-0.15, -0.1) is 23.5 Å². The lowest BCUT2D eigenvalue weighted by Gasteiger charge is -2.05. The summed E-state index contributed by atoms with van der Waals surface area (Å²) in [7, 11) is 0. The Hall–Kier alpha value is -0.650. The zero-order chi connectivity index (χ0) is 14.1. The first-order chi connectivity index (χ1) is 9.17. The van der Waals surface area contributed by atoms with E-state index in [0.29, 0.717) is 17.4 Å². The van der Waals surface area contributed by atoms with Crippen molar-refractivity contribution in [3.63, 3.8) is 0 Å². The molecule has 0 spiro atoms. The third kappa shape index (κ3) is 6.36. The number of rotatable bonds is 4.